The van der Waals surface area contributed by atoms with Crippen molar-refractivity contribution < 1.29 is 13.2 Å². The molecule has 2 N–H and O–H groups in total. The van der Waals surface area contributed by atoms with Crippen LogP contribution in [0.5, 0.6) is 0 Å². The molecule has 28 heavy (non-hydrogen) atoms. The molecule has 5 nitrogen and oxygen atoms in total. The first-order valence-corrected chi connectivity index (χ1v) is 11.3. The van der Waals surface area contributed by atoms with Gasteiger partial charge in [-0.15, -0.1) is 0 Å². The van der Waals surface area contributed by atoms with Crippen molar-refractivity contribution >= 4 is 59.2 Å². The summed E-state index contributed by atoms with van der Waals surface area (Å²) in [5, 5.41) is 2.75. The van der Waals surface area contributed by atoms with E-state index in [1.54, 1.807) is 48.5 Å². The molecule has 144 valence electrons. The molecule has 0 unspecified atom stereocenters. The lowest BCUT2D eigenvalue weighted by Crippen LogP contribution is -2.16. The summed E-state index contributed by atoms with van der Waals surface area (Å²) in [6.45, 7) is 1.92. The van der Waals surface area contributed by atoms with Gasteiger partial charge >= 0.3 is 0 Å². The Hall–Kier alpha value is -2.16. The van der Waals surface area contributed by atoms with Crippen molar-refractivity contribution in [1.29, 1.82) is 0 Å². The lowest BCUT2D eigenvalue weighted by molar-refractivity contribution is 0.102. The number of benzene rings is 3. The number of anilines is 2. The predicted octanol–water partition coefficient (Wildman–Crippen LogP) is 5.57. The zero-order chi connectivity index (χ0) is 20.3. The number of rotatable bonds is 5. The van der Waals surface area contributed by atoms with E-state index in [1.165, 1.54) is 6.07 Å². The maximum absolute atomic E-state index is 12.8. The summed E-state index contributed by atoms with van der Waals surface area (Å²) in [7, 11) is -3.87. The Balaban J connectivity index is 1.86. The molecule has 8 heteroatoms. The van der Waals surface area contributed by atoms with Crippen LogP contribution >= 0.6 is 31.9 Å². The van der Waals surface area contributed by atoms with E-state index in [-0.39, 0.29) is 10.5 Å². The Bertz CT molecular complexity index is 1110. The second-order valence-corrected chi connectivity index (χ2v) is 9.50. The number of sulfonamides is 1. The van der Waals surface area contributed by atoms with E-state index in [0.717, 1.165) is 10.0 Å². The minimum Gasteiger partial charge on any atom is -0.322 e. The van der Waals surface area contributed by atoms with Crippen LogP contribution in [-0.4, -0.2) is 14.3 Å². The molecule has 3 rings (SSSR count). The summed E-state index contributed by atoms with van der Waals surface area (Å²) in [4.78, 5) is 12.5. The standard InChI is InChI=1S/C20H16Br2N2O3S/c1-13-2-7-17(8-3-13)24-28(26,27)19-12-14(4-11-18(19)22)20(25)23-16-9-5-15(21)6-10-16/h2-12,24H,1H3,(H,23,25). The molecule has 0 saturated carbocycles. The van der Waals surface area contributed by atoms with Gasteiger partial charge in [0, 0.05) is 25.9 Å². The Morgan fingerprint density at radius 2 is 1.46 bits per heavy atom. The Morgan fingerprint density at radius 3 is 2.11 bits per heavy atom. The molecule has 0 atom stereocenters. The third-order valence-corrected chi connectivity index (χ3v) is 6.79. The quantitative estimate of drug-likeness (QED) is 0.458. The summed E-state index contributed by atoms with van der Waals surface area (Å²) in [6.07, 6.45) is 0. The van der Waals surface area contributed by atoms with E-state index in [0.29, 0.717) is 15.8 Å². The van der Waals surface area contributed by atoms with Crippen LogP contribution in [0.4, 0.5) is 11.4 Å². The highest BCUT2D eigenvalue weighted by atomic mass is 79.9. The number of carbonyl (C=O) groups excluding carboxylic acids is 1. The highest BCUT2D eigenvalue weighted by molar-refractivity contribution is 9.10. The largest absolute Gasteiger partial charge is 0.322 e. The Labute approximate surface area is 180 Å². The van der Waals surface area contributed by atoms with Crippen LogP contribution in [0.15, 0.2) is 80.6 Å². The number of amides is 1. The molecular weight excluding hydrogens is 508 g/mol. The van der Waals surface area contributed by atoms with Gasteiger partial charge in [0.15, 0.2) is 0 Å². The molecule has 3 aromatic rings. The lowest BCUT2D eigenvalue weighted by Gasteiger charge is -2.12. The van der Waals surface area contributed by atoms with Gasteiger partial charge in [-0.2, -0.15) is 0 Å². The average molecular weight is 524 g/mol. The lowest BCUT2D eigenvalue weighted by atomic mass is 10.2. The number of hydrogen-bond acceptors (Lipinski definition) is 3. The molecule has 0 aliphatic rings. The van der Waals surface area contributed by atoms with Crippen LogP contribution in [0.3, 0.4) is 0 Å². The van der Waals surface area contributed by atoms with Gasteiger partial charge in [-0.25, -0.2) is 8.42 Å². The molecule has 0 aromatic heterocycles. The Kier molecular flexibility index (Phi) is 6.22. The van der Waals surface area contributed by atoms with Gasteiger partial charge < -0.3 is 5.32 Å². The molecule has 1 amide bonds. The third kappa shape index (κ3) is 5.01. The predicted molar refractivity (Wildman–Crippen MR) is 118 cm³/mol. The van der Waals surface area contributed by atoms with Crippen LogP contribution in [0.25, 0.3) is 0 Å². The minimum atomic E-state index is -3.87. The van der Waals surface area contributed by atoms with Gasteiger partial charge in [0.25, 0.3) is 15.9 Å². The third-order valence-electron chi connectivity index (χ3n) is 3.89. The fourth-order valence-corrected chi connectivity index (χ4v) is 4.73. The van der Waals surface area contributed by atoms with Crippen LogP contribution < -0.4 is 10.0 Å². The molecule has 0 fully saturated rings. The van der Waals surface area contributed by atoms with Gasteiger partial charge in [-0.05, 0) is 77.5 Å². The van der Waals surface area contributed by atoms with Gasteiger partial charge in [-0.1, -0.05) is 33.6 Å². The minimum absolute atomic E-state index is 0.0171. The highest BCUT2D eigenvalue weighted by Gasteiger charge is 2.20. The van der Waals surface area contributed by atoms with Crippen molar-refractivity contribution in [2.75, 3.05) is 10.0 Å². The van der Waals surface area contributed by atoms with Gasteiger partial charge in [0.05, 0.1) is 0 Å². The normalized spacial score (nSPS) is 11.1. The summed E-state index contributed by atoms with van der Waals surface area (Å²) in [5.41, 5.74) is 2.31. The average Bonchev–Trinajstić information content (AvgIpc) is 2.65. The second-order valence-electron chi connectivity index (χ2n) is 6.08. The topological polar surface area (TPSA) is 75.3 Å². The SMILES string of the molecule is Cc1ccc(NS(=O)(=O)c2cc(C(=O)Nc3ccc(Br)cc3)ccc2Br)cc1. The van der Waals surface area contributed by atoms with Crippen molar-refractivity contribution in [2.24, 2.45) is 0 Å². The monoisotopic (exact) mass is 522 g/mol. The number of hydrogen-bond donors (Lipinski definition) is 2. The van der Waals surface area contributed by atoms with E-state index in [1.807, 2.05) is 19.1 Å². The first-order valence-electron chi connectivity index (χ1n) is 8.20. The number of halogens is 2. The molecule has 0 radical (unpaired) electrons. The summed E-state index contributed by atoms with van der Waals surface area (Å²) in [5.74, 6) is -0.401. The first kappa shape index (κ1) is 20.6. The summed E-state index contributed by atoms with van der Waals surface area (Å²) < 4.78 is 29.4. The van der Waals surface area contributed by atoms with E-state index in [9.17, 15) is 13.2 Å². The maximum Gasteiger partial charge on any atom is 0.263 e. The molecule has 0 aliphatic heterocycles. The number of aryl methyl sites for hydroxylation is 1. The molecule has 0 saturated heterocycles. The first-order chi connectivity index (χ1) is 13.2. The van der Waals surface area contributed by atoms with Crippen LogP contribution in [0.2, 0.25) is 0 Å². The summed E-state index contributed by atoms with van der Waals surface area (Å²) in [6, 6.07) is 18.5. The van der Waals surface area contributed by atoms with E-state index in [4.69, 9.17) is 0 Å². The van der Waals surface area contributed by atoms with Crippen molar-refractivity contribution in [3.05, 3.63) is 86.8 Å². The molecule has 0 heterocycles. The molecule has 3 aromatic carbocycles. The highest BCUT2D eigenvalue weighted by Crippen LogP contribution is 2.26. The van der Waals surface area contributed by atoms with Crippen molar-refractivity contribution in [2.45, 2.75) is 11.8 Å². The van der Waals surface area contributed by atoms with E-state index < -0.39 is 15.9 Å². The number of carbonyl (C=O) groups is 1. The van der Waals surface area contributed by atoms with Crippen LogP contribution in [0, 0.1) is 6.92 Å². The fraction of sp³-hybridized carbons (Fsp3) is 0.0500. The molecular formula is C20H16Br2N2O3S. The van der Waals surface area contributed by atoms with Crippen LogP contribution in [0.1, 0.15) is 15.9 Å². The van der Waals surface area contributed by atoms with Gasteiger partial charge in [0.1, 0.15) is 4.90 Å². The molecule has 0 aliphatic carbocycles. The van der Waals surface area contributed by atoms with E-state index >= 15 is 0 Å². The second kappa shape index (κ2) is 8.46. The van der Waals surface area contributed by atoms with Crippen molar-refractivity contribution in [1.82, 2.24) is 0 Å². The molecule has 0 spiro atoms. The van der Waals surface area contributed by atoms with Crippen molar-refractivity contribution in [3.8, 4) is 0 Å². The molecule has 0 bridgehead atoms. The smallest absolute Gasteiger partial charge is 0.263 e. The summed E-state index contributed by atoms with van der Waals surface area (Å²) >= 11 is 6.59. The van der Waals surface area contributed by atoms with Crippen LogP contribution in [-0.2, 0) is 10.0 Å². The van der Waals surface area contributed by atoms with Crippen molar-refractivity contribution in [3.63, 3.8) is 0 Å². The zero-order valence-corrected chi connectivity index (χ0v) is 18.7. The van der Waals surface area contributed by atoms with Gasteiger partial charge in [-0.3, -0.25) is 9.52 Å². The number of nitrogens with one attached hydrogen (secondary N) is 2. The zero-order valence-electron chi connectivity index (χ0n) is 14.7. The fourth-order valence-electron chi connectivity index (χ4n) is 2.42. The van der Waals surface area contributed by atoms with E-state index in [2.05, 4.69) is 41.9 Å². The maximum atomic E-state index is 12.8. The Morgan fingerprint density at radius 1 is 0.857 bits per heavy atom. The van der Waals surface area contributed by atoms with Gasteiger partial charge in [0.2, 0.25) is 0 Å².